The minimum Gasteiger partial charge on any atom is -0.348 e. The summed E-state index contributed by atoms with van der Waals surface area (Å²) in [5.41, 5.74) is 1.09. The van der Waals surface area contributed by atoms with Crippen molar-refractivity contribution in [3.8, 4) is 0 Å². The molecule has 0 aliphatic carbocycles. The molecule has 0 aliphatic rings. The van der Waals surface area contributed by atoms with Crippen LogP contribution in [0.25, 0.3) is 11.2 Å². The van der Waals surface area contributed by atoms with E-state index in [1.165, 1.54) is 6.20 Å². The summed E-state index contributed by atoms with van der Waals surface area (Å²) in [7, 11) is 0. The van der Waals surface area contributed by atoms with Gasteiger partial charge in [0.2, 0.25) is 0 Å². The van der Waals surface area contributed by atoms with Gasteiger partial charge >= 0.3 is 0 Å². The van der Waals surface area contributed by atoms with Crippen molar-refractivity contribution in [2.45, 2.75) is 40.7 Å². The van der Waals surface area contributed by atoms with Crippen molar-refractivity contribution in [2.75, 3.05) is 0 Å². The maximum Gasteiger partial charge on any atom is 0.271 e. The second-order valence-corrected chi connectivity index (χ2v) is 6.36. The molecule has 1 amide bonds. The summed E-state index contributed by atoms with van der Waals surface area (Å²) in [6, 6.07) is 0.0110. The average molecular weight is 288 g/mol. The monoisotopic (exact) mass is 288 g/mol. The quantitative estimate of drug-likeness (QED) is 0.848. The van der Waals surface area contributed by atoms with E-state index in [0.29, 0.717) is 16.7 Å². The zero-order chi connectivity index (χ0) is 15.8. The normalized spacial score (nSPS) is 11.9. The third-order valence-electron chi connectivity index (χ3n) is 2.96. The third-order valence-corrected chi connectivity index (χ3v) is 2.96. The molecule has 0 aromatic carbocycles. The molecule has 2 heterocycles. The van der Waals surface area contributed by atoms with E-state index in [2.05, 4.69) is 20.3 Å². The maximum atomic E-state index is 12.4. The number of hydrogen-bond donors (Lipinski definition) is 2. The molecule has 6 nitrogen and oxygen atoms in total. The van der Waals surface area contributed by atoms with Gasteiger partial charge in [0.1, 0.15) is 11.2 Å². The van der Waals surface area contributed by atoms with E-state index in [4.69, 9.17) is 0 Å². The number of ketones is 1. The summed E-state index contributed by atoms with van der Waals surface area (Å²) in [4.78, 5) is 35.8. The van der Waals surface area contributed by atoms with E-state index in [9.17, 15) is 9.59 Å². The summed E-state index contributed by atoms with van der Waals surface area (Å²) in [6.07, 6.45) is 3.00. The van der Waals surface area contributed by atoms with Crippen molar-refractivity contribution in [1.29, 1.82) is 0 Å². The predicted molar refractivity (Wildman–Crippen MR) is 80.3 cm³/mol. The zero-order valence-corrected chi connectivity index (χ0v) is 12.9. The van der Waals surface area contributed by atoms with Crippen LogP contribution < -0.4 is 5.32 Å². The van der Waals surface area contributed by atoms with E-state index in [-0.39, 0.29) is 23.4 Å². The number of aromatic amines is 1. The highest BCUT2D eigenvalue weighted by atomic mass is 16.2. The number of aromatic nitrogens is 3. The molecule has 0 saturated heterocycles. The Balaban J connectivity index is 2.47. The van der Waals surface area contributed by atoms with E-state index >= 15 is 0 Å². The van der Waals surface area contributed by atoms with Crippen molar-refractivity contribution in [1.82, 2.24) is 20.3 Å². The van der Waals surface area contributed by atoms with Crippen molar-refractivity contribution < 1.29 is 9.59 Å². The predicted octanol–water partition coefficient (Wildman–Crippen LogP) is 2.32. The van der Waals surface area contributed by atoms with Crippen molar-refractivity contribution in [3.63, 3.8) is 0 Å². The first kappa shape index (κ1) is 15.2. The second-order valence-electron chi connectivity index (χ2n) is 6.36. The van der Waals surface area contributed by atoms with Crippen LogP contribution in [0.5, 0.6) is 0 Å². The molecule has 6 heteroatoms. The number of carbonyl (C=O) groups excluding carboxylic acids is 2. The van der Waals surface area contributed by atoms with Crippen LogP contribution in [0.2, 0.25) is 0 Å². The SMILES string of the molecule is CC(C)NC(=O)c1cnc2[nH]cc(C(=O)C(C)(C)C)c2n1. The van der Waals surface area contributed by atoms with Gasteiger partial charge in [0.15, 0.2) is 11.4 Å². The molecule has 0 bridgehead atoms. The molecule has 21 heavy (non-hydrogen) atoms. The minimum atomic E-state index is -0.521. The number of H-pyrrole nitrogens is 1. The van der Waals surface area contributed by atoms with Crippen LogP contribution in [0.3, 0.4) is 0 Å². The number of rotatable bonds is 3. The fourth-order valence-corrected chi connectivity index (χ4v) is 1.91. The molecule has 2 N–H and O–H groups in total. The zero-order valence-electron chi connectivity index (χ0n) is 12.9. The van der Waals surface area contributed by atoms with Gasteiger partial charge in [-0.2, -0.15) is 0 Å². The van der Waals surface area contributed by atoms with Gasteiger partial charge in [-0.1, -0.05) is 20.8 Å². The first-order valence-electron chi connectivity index (χ1n) is 6.90. The molecule has 2 aromatic rings. The molecular formula is C15H20N4O2. The Bertz CT molecular complexity index is 695. The number of hydrogen-bond acceptors (Lipinski definition) is 4. The lowest BCUT2D eigenvalue weighted by Gasteiger charge is -2.15. The number of fused-ring (bicyclic) bond motifs is 1. The number of Topliss-reactive ketones (excluding diaryl/α,β-unsaturated/α-hetero) is 1. The Morgan fingerprint density at radius 2 is 1.95 bits per heavy atom. The van der Waals surface area contributed by atoms with E-state index in [0.717, 1.165) is 0 Å². The first-order valence-corrected chi connectivity index (χ1v) is 6.90. The minimum absolute atomic E-state index is 0.0110. The standard InChI is InChI=1S/C15H20N4O2/c1-8(2)18-14(21)10-7-17-13-11(19-10)9(6-16-13)12(20)15(3,4)5/h6-8H,1-5H3,(H,16,17)(H,18,21). The van der Waals surface area contributed by atoms with Crippen LogP contribution in [-0.4, -0.2) is 32.7 Å². The second kappa shape index (κ2) is 5.27. The lowest BCUT2D eigenvalue weighted by molar-refractivity contribution is 0.0859. The molecule has 2 rings (SSSR count). The number of carbonyl (C=O) groups is 2. The first-order chi connectivity index (χ1) is 9.70. The largest absolute Gasteiger partial charge is 0.348 e. The Hall–Kier alpha value is -2.24. The molecule has 0 atom stereocenters. The van der Waals surface area contributed by atoms with Gasteiger partial charge in [-0.05, 0) is 13.8 Å². The lowest BCUT2D eigenvalue weighted by atomic mass is 9.87. The van der Waals surface area contributed by atoms with Crippen molar-refractivity contribution in [3.05, 3.63) is 23.7 Å². The van der Waals surface area contributed by atoms with Crippen LogP contribution >= 0.6 is 0 Å². The van der Waals surface area contributed by atoms with Crippen molar-refractivity contribution in [2.24, 2.45) is 5.41 Å². The Morgan fingerprint density at radius 3 is 2.52 bits per heavy atom. The van der Waals surface area contributed by atoms with Gasteiger partial charge < -0.3 is 10.3 Å². The van der Waals surface area contributed by atoms with Gasteiger partial charge in [-0.15, -0.1) is 0 Å². The highest BCUT2D eigenvalue weighted by Gasteiger charge is 2.26. The summed E-state index contributed by atoms with van der Waals surface area (Å²) in [5, 5.41) is 2.76. The number of nitrogens with one attached hydrogen (secondary N) is 2. The molecule has 112 valence electrons. The topological polar surface area (TPSA) is 87.7 Å². The van der Waals surface area contributed by atoms with Crippen LogP contribution in [0, 0.1) is 5.41 Å². The Morgan fingerprint density at radius 1 is 1.29 bits per heavy atom. The van der Waals surface area contributed by atoms with Crippen molar-refractivity contribution >= 4 is 22.9 Å². The summed E-state index contributed by atoms with van der Waals surface area (Å²) >= 11 is 0. The van der Waals surface area contributed by atoms with Crippen LogP contribution in [-0.2, 0) is 0 Å². The van der Waals surface area contributed by atoms with Gasteiger partial charge in [0.25, 0.3) is 5.91 Å². The van der Waals surface area contributed by atoms with Crippen LogP contribution in [0.15, 0.2) is 12.4 Å². The van der Waals surface area contributed by atoms with Gasteiger partial charge in [0, 0.05) is 17.7 Å². The smallest absolute Gasteiger partial charge is 0.271 e. The number of amides is 1. The van der Waals surface area contributed by atoms with E-state index < -0.39 is 5.41 Å². The molecular weight excluding hydrogens is 268 g/mol. The Kier molecular flexibility index (Phi) is 3.80. The molecule has 0 unspecified atom stereocenters. The Labute approximate surface area is 123 Å². The van der Waals surface area contributed by atoms with Crippen LogP contribution in [0.1, 0.15) is 55.5 Å². The third kappa shape index (κ3) is 3.09. The number of nitrogens with zero attached hydrogens (tertiary/aromatic N) is 2. The maximum absolute atomic E-state index is 12.4. The molecule has 0 fully saturated rings. The van der Waals surface area contributed by atoms with Gasteiger partial charge in [-0.3, -0.25) is 9.59 Å². The molecule has 2 aromatic heterocycles. The van der Waals surface area contributed by atoms with E-state index in [1.54, 1.807) is 6.20 Å². The molecule has 0 aliphatic heterocycles. The summed E-state index contributed by atoms with van der Waals surface area (Å²) in [5.74, 6) is -0.334. The molecule has 0 saturated carbocycles. The van der Waals surface area contributed by atoms with E-state index in [1.807, 2.05) is 34.6 Å². The fourth-order valence-electron chi connectivity index (χ4n) is 1.91. The summed E-state index contributed by atoms with van der Waals surface area (Å²) < 4.78 is 0. The highest BCUT2D eigenvalue weighted by molar-refractivity contribution is 6.08. The average Bonchev–Trinajstić information content (AvgIpc) is 2.78. The molecule has 0 radical (unpaired) electrons. The van der Waals surface area contributed by atoms with Crippen LogP contribution in [0.4, 0.5) is 0 Å². The van der Waals surface area contributed by atoms with Gasteiger partial charge in [0.05, 0.1) is 11.8 Å². The van der Waals surface area contributed by atoms with Gasteiger partial charge in [-0.25, -0.2) is 9.97 Å². The highest BCUT2D eigenvalue weighted by Crippen LogP contribution is 2.24. The molecule has 0 spiro atoms. The lowest BCUT2D eigenvalue weighted by Crippen LogP contribution is -2.30. The summed E-state index contributed by atoms with van der Waals surface area (Å²) in [6.45, 7) is 9.27. The fraction of sp³-hybridized carbons (Fsp3) is 0.467.